The second kappa shape index (κ2) is 5.92. The summed E-state index contributed by atoms with van der Waals surface area (Å²) < 4.78 is 0. The van der Waals surface area contributed by atoms with Crippen LogP contribution in [-0.2, 0) is 6.42 Å². The minimum absolute atomic E-state index is 0.660. The maximum atomic E-state index is 2.34. The van der Waals surface area contributed by atoms with E-state index in [2.05, 4.69) is 63.2 Å². The van der Waals surface area contributed by atoms with Crippen molar-refractivity contribution in [1.82, 2.24) is 4.90 Å². The van der Waals surface area contributed by atoms with Crippen molar-refractivity contribution in [3.05, 3.63) is 35.9 Å². The molecule has 0 aromatic heterocycles. The van der Waals surface area contributed by atoms with Gasteiger partial charge < -0.3 is 4.90 Å². The summed E-state index contributed by atoms with van der Waals surface area (Å²) in [5, 5.41) is 0. The molecule has 1 heteroatoms. The minimum atomic E-state index is 0.660. The first-order valence-electron chi connectivity index (χ1n) is 5.80. The first-order chi connectivity index (χ1) is 7.09. The first-order valence-corrected chi connectivity index (χ1v) is 5.80. The van der Waals surface area contributed by atoms with Gasteiger partial charge in [0.25, 0.3) is 0 Å². The Hall–Kier alpha value is -0.820. The molecule has 1 aromatic rings. The van der Waals surface area contributed by atoms with Crippen molar-refractivity contribution in [3.63, 3.8) is 0 Å². The van der Waals surface area contributed by atoms with Gasteiger partial charge in [0.05, 0.1) is 0 Å². The molecule has 84 valence electrons. The average Bonchev–Trinajstić information content (AvgIpc) is 2.17. The van der Waals surface area contributed by atoms with E-state index in [4.69, 9.17) is 0 Å². The van der Waals surface area contributed by atoms with Crippen LogP contribution >= 0.6 is 0 Å². The third-order valence-electron chi connectivity index (χ3n) is 2.79. The highest BCUT2D eigenvalue weighted by atomic mass is 15.1. The van der Waals surface area contributed by atoms with Gasteiger partial charge in [-0.3, -0.25) is 0 Å². The molecular weight excluding hydrogens is 182 g/mol. The predicted molar refractivity (Wildman–Crippen MR) is 67.1 cm³/mol. The molecule has 0 saturated heterocycles. The Morgan fingerprint density at radius 1 is 1.07 bits per heavy atom. The number of nitrogens with zero attached hydrogens (tertiary/aromatic N) is 1. The fraction of sp³-hybridized carbons (Fsp3) is 0.571. The molecule has 0 aliphatic carbocycles. The summed E-state index contributed by atoms with van der Waals surface area (Å²) in [6.45, 7) is 4.59. The van der Waals surface area contributed by atoms with Crippen molar-refractivity contribution >= 4 is 0 Å². The highest BCUT2D eigenvalue weighted by Gasteiger charge is 2.13. The molecule has 1 aromatic carbocycles. The second-order valence-electron chi connectivity index (χ2n) is 4.94. The van der Waals surface area contributed by atoms with Crippen molar-refractivity contribution in [2.24, 2.45) is 5.92 Å². The van der Waals surface area contributed by atoms with Gasteiger partial charge in [-0.1, -0.05) is 44.2 Å². The molecule has 1 atom stereocenters. The maximum absolute atomic E-state index is 2.34. The van der Waals surface area contributed by atoms with Crippen LogP contribution in [-0.4, -0.2) is 25.0 Å². The van der Waals surface area contributed by atoms with Crippen molar-refractivity contribution in [2.45, 2.75) is 32.7 Å². The van der Waals surface area contributed by atoms with Crippen LogP contribution in [0.1, 0.15) is 25.8 Å². The summed E-state index contributed by atoms with van der Waals surface area (Å²) in [4.78, 5) is 2.34. The van der Waals surface area contributed by atoms with Crippen LogP contribution in [0.4, 0.5) is 0 Å². The normalized spacial score (nSPS) is 13.5. The second-order valence-corrected chi connectivity index (χ2v) is 4.94. The van der Waals surface area contributed by atoms with Crippen LogP contribution in [0.25, 0.3) is 0 Å². The third-order valence-corrected chi connectivity index (χ3v) is 2.79. The number of rotatable bonds is 5. The van der Waals surface area contributed by atoms with Crippen molar-refractivity contribution in [3.8, 4) is 0 Å². The van der Waals surface area contributed by atoms with Crippen molar-refractivity contribution in [2.75, 3.05) is 14.1 Å². The van der Waals surface area contributed by atoms with E-state index < -0.39 is 0 Å². The Labute approximate surface area is 94.1 Å². The van der Waals surface area contributed by atoms with Crippen LogP contribution in [0.15, 0.2) is 30.3 Å². The van der Waals surface area contributed by atoms with Gasteiger partial charge in [-0.05, 0) is 38.4 Å². The van der Waals surface area contributed by atoms with Crippen LogP contribution in [0.2, 0.25) is 0 Å². The van der Waals surface area contributed by atoms with Gasteiger partial charge in [0.1, 0.15) is 0 Å². The van der Waals surface area contributed by atoms with Crippen LogP contribution in [0, 0.1) is 5.92 Å². The van der Waals surface area contributed by atoms with Gasteiger partial charge in [-0.15, -0.1) is 0 Å². The molecule has 0 radical (unpaired) electrons. The Morgan fingerprint density at radius 2 is 1.67 bits per heavy atom. The van der Waals surface area contributed by atoms with E-state index in [1.165, 1.54) is 12.0 Å². The van der Waals surface area contributed by atoms with E-state index in [9.17, 15) is 0 Å². The summed E-state index contributed by atoms with van der Waals surface area (Å²) in [6.07, 6.45) is 2.42. The molecule has 0 bridgehead atoms. The average molecular weight is 205 g/mol. The Morgan fingerprint density at radius 3 is 2.13 bits per heavy atom. The summed E-state index contributed by atoms with van der Waals surface area (Å²) in [6, 6.07) is 11.4. The van der Waals surface area contributed by atoms with Gasteiger partial charge in [-0.2, -0.15) is 0 Å². The molecule has 0 saturated carbocycles. The van der Waals surface area contributed by atoms with Crippen molar-refractivity contribution in [1.29, 1.82) is 0 Å². The molecule has 1 unspecified atom stereocenters. The SMILES string of the molecule is CC(C)CC(Cc1ccccc1)N(C)C. The lowest BCUT2D eigenvalue weighted by Crippen LogP contribution is -2.31. The molecule has 0 amide bonds. The zero-order valence-electron chi connectivity index (χ0n) is 10.4. The fourth-order valence-electron chi connectivity index (χ4n) is 1.91. The van der Waals surface area contributed by atoms with Crippen LogP contribution < -0.4 is 0 Å². The number of benzene rings is 1. The first kappa shape index (κ1) is 12.3. The van der Waals surface area contributed by atoms with Gasteiger partial charge in [0, 0.05) is 6.04 Å². The van der Waals surface area contributed by atoms with E-state index in [1.807, 2.05) is 0 Å². The summed E-state index contributed by atoms with van der Waals surface area (Å²) in [5.74, 6) is 0.765. The van der Waals surface area contributed by atoms with E-state index >= 15 is 0 Å². The molecule has 0 spiro atoms. The lowest BCUT2D eigenvalue weighted by atomic mass is 9.96. The molecule has 0 aliphatic heterocycles. The zero-order chi connectivity index (χ0) is 11.3. The number of likely N-dealkylation sites (N-methyl/N-ethyl adjacent to an activating group) is 1. The minimum Gasteiger partial charge on any atom is -0.306 e. The van der Waals surface area contributed by atoms with E-state index in [1.54, 1.807) is 0 Å². The maximum Gasteiger partial charge on any atom is 0.0132 e. The Balaban J connectivity index is 2.59. The largest absolute Gasteiger partial charge is 0.306 e. The molecule has 1 nitrogen and oxygen atoms in total. The third kappa shape index (κ3) is 4.48. The van der Waals surface area contributed by atoms with E-state index in [-0.39, 0.29) is 0 Å². The van der Waals surface area contributed by atoms with Gasteiger partial charge in [-0.25, -0.2) is 0 Å². The van der Waals surface area contributed by atoms with Crippen molar-refractivity contribution < 1.29 is 0 Å². The standard InChI is InChI=1S/C14H23N/c1-12(2)10-14(15(3)4)11-13-8-6-5-7-9-13/h5-9,12,14H,10-11H2,1-4H3. The van der Waals surface area contributed by atoms with Crippen LogP contribution in [0.5, 0.6) is 0 Å². The quantitative estimate of drug-likeness (QED) is 0.713. The zero-order valence-corrected chi connectivity index (χ0v) is 10.4. The Bertz CT molecular complexity index is 264. The summed E-state index contributed by atoms with van der Waals surface area (Å²) in [7, 11) is 4.35. The van der Waals surface area contributed by atoms with E-state index in [0.29, 0.717) is 6.04 Å². The van der Waals surface area contributed by atoms with Crippen LogP contribution in [0.3, 0.4) is 0 Å². The fourth-order valence-corrected chi connectivity index (χ4v) is 1.91. The number of hydrogen-bond acceptors (Lipinski definition) is 1. The van der Waals surface area contributed by atoms with Gasteiger partial charge in [0.15, 0.2) is 0 Å². The van der Waals surface area contributed by atoms with Gasteiger partial charge in [0.2, 0.25) is 0 Å². The monoisotopic (exact) mass is 205 g/mol. The molecule has 15 heavy (non-hydrogen) atoms. The smallest absolute Gasteiger partial charge is 0.0132 e. The van der Waals surface area contributed by atoms with E-state index in [0.717, 1.165) is 12.3 Å². The number of hydrogen-bond donors (Lipinski definition) is 0. The molecule has 0 N–H and O–H groups in total. The molecule has 0 heterocycles. The molecule has 1 rings (SSSR count). The summed E-state index contributed by atoms with van der Waals surface area (Å²) in [5.41, 5.74) is 1.44. The molecular formula is C14H23N. The summed E-state index contributed by atoms with van der Waals surface area (Å²) >= 11 is 0. The Kier molecular flexibility index (Phi) is 4.83. The molecule has 0 fully saturated rings. The lowest BCUT2D eigenvalue weighted by Gasteiger charge is -2.26. The molecule has 0 aliphatic rings. The topological polar surface area (TPSA) is 3.24 Å². The predicted octanol–water partition coefficient (Wildman–Crippen LogP) is 3.21. The highest BCUT2D eigenvalue weighted by Crippen LogP contribution is 2.14. The van der Waals surface area contributed by atoms with Gasteiger partial charge >= 0.3 is 0 Å². The highest BCUT2D eigenvalue weighted by molar-refractivity contribution is 5.15. The lowest BCUT2D eigenvalue weighted by molar-refractivity contribution is 0.253.